The van der Waals surface area contributed by atoms with E-state index in [0.29, 0.717) is 12.5 Å². The molecule has 5 heteroatoms. The van der Waals surface area contributed by atoms with E-state index in [1.54, 1.807) is 6.20 Å². The number of aryl methyl sites for hydroxylation is 1. The van der Waals surface area contributed by atoms with Crippen LogP contribution in [0.15, 0.2) is 17.4 Å². The quantitative estimate of drug-likeness (QED) is 0.600. The molecule has 0 unspecified atom stereocenters. The van der Waals surface area contributed by atoms with Gasteiger partial charge in [0.25, 0.3) is 0 Å². The molecule has 5 nitrogen and oxygen atoms in total. The summed E-state index contributed by atoms with van der Waals surface area (Å²) in [6.45, 7) is 9.45. The van der Waals surface area contributed by atoms with E-state index in [1.807, 2.05) is 11.1 Å². The Hall–Kier alpha value is -1.52. The number of nitrogens with two attached hydrogens (primary N) is 1. The third kappa shape index (κ3) is 2.98. The van der Waals surface area contributed by atoms with E-state index in [2.05, 4.69) is 35.3 Å². The molecule has 0 aliphatic rings. The number of hydrogen-bond donors (Lipinski definition) is 1. The van der Waals surface area contributed by atoms with Crippen molar-refractivity contribution in [2.45, 2.75) is 33.9 Å². The van der Waals surface area contributed by atoms with Crippen LogP contribution >= 0.6 is 0 Å². The maximum absolute atomic E-state index is 5.89. The first-order valence-corrected chi connectivity index (χ1v) is 5.77. The van der Waals surface area contributed by atoms with E-state index in [-0.39, 0.29) is 0 Å². The fraction of sp³-hybridized carbons (Fsp3) is 0.636. The smallest absolute Gasteiger partial charge is 0.191 e. The number of rotatable bonds is 5. The van der Waals surface area contributed by atoms with E-state index in [0.717, 1.165) is 25.5 Å². The highest BCUT2D eigenvalue weighted by molar-refractivity contribution is 5.77. The maximum Gasteiger partial charge on any atom is 0.191 e. The van der Waals surface area contributed by atoms with Gasteiger partial charge in [-0.2, -0.15) is 0 Å². The highest BCUT2D eigenvalue weighted by atomic mass is 15.2. The van der Waals surface area contributed by atoms with Gasteiger partial charge in [-0.05, 0) is 20.8 Å². The molecule has 1 aromatic rings. The van der Waals surface area contributed by atoms with Crippen LogP contribution in [0, 0.1) is 0 Å². The number of hydrogen-bond acceptors (Lipinski definition) is 2. The largest absolute Gasteiger partial charge is 0.370 e. The Morgan fingerprint density at radius 3 is 2.69 bits per heavy atom. The molecule has 0 aromatic carbocycles. The highest BCUT2D eigenvalue weighted by Gasteiger charge is 2.03. The van der Waals surface area contributed by atoms with Gasteiger partial charge >= 0.3 is 0 Å². The van der Waals surface area contributed by atoms with Crippen LogP contribution in [0.3, 0.4) is 0 Å². The fourth-order valence-electron chi connectivity index (χ4n) is 1.58. The van der Waals surface area contributed by atoms with Gasteiger partial charge in [0.1, 0.15) is 12.4 Å². The summed E-state index contributed by atoms with van der Waals surface area (Å²) in [7, 11) is 0. The standard InChI is InChI=1S/C11H21N5/c1-4-15(5-2)11(12)14-9-10-13-7-8-16(10)6-3/h7-8H,4-6,9H2,1-3H3,(H2,12,14). The predicted octanol–water partition coefficient (Wildman–Crippen LogP) is 1.06. The van der Waals surface area contributed by atoms with Crippen molar-refractivity contribution in [1.82, 2.24) is 14.5 Å². The second-order valence-corrected chi connectivity index (χ2v) is 3.48. The minimum Gasteiger partial charge on any atom is -0.370 e. The van der Waals surface area contributed by atoms with E-state index < -0.39 is 0 Å². The van der Waals surface area contributed by atoms with Gasteiger partial charge in [-0.1, -0.05) is 0 Å². The highest BCUT2D eigenvalue weighted by Crippen LogP contribution is 2.00. The lowest BCUT2D eigenvalue weighted by molar-refractivity contribution is 0.457. The molecule has 0 radical (unpaired) electrons. The SMILES string of the molecule is CCN(CC)C(N)=NCc1nccn1CC. The van der Waals surface area contributed by atoms with Crippen molar-refractivity contribution in [3.05, 3.63) is 18.2 Å². The minimum absolute atomic E-state index is 0.545. The third-order valence-electron chi connectivity index (χ3n) is 2.61. The van der Waals surface area contributed by atoms with Crippen molar-refractivity contribution >= 4 is 5.96 Å². The molecule has 1 aromatic heterocycles. The van der Waals surface area contributed by atoms with Crippen LogP contribution in [0.1, 0.15) is 26.6 Å². The summed E-state index contributed by atoms with van der Waals surface area (Å²) in [6, 6.07) is 0. The summed E-state index contributed by atoms with van der Waals surface area (Å²) in [6.07, 6.45) is 3.75. The Morgan fingerprint density at radius 2 is 2.12 bits per heavy atom. The van der Waals surface area contributed by atoms with Gasteiger partial charge in [-0.3, -0.25) is 0 Å². The summed E-state index contributed by atoms with van der Waals surface area (Å²) >= 11 is 0. The summed E-state index contributed by atoms with van der Waals surface area (Å²) < 4.78 is 2.07. The number of imidazole rings is 1. The normalized spacial score (nSPS) is 11.8. The molecule has 90 valence electrons. The number of nitrogens with zero attached hydrogens (tertiary/aromatic N) is 4. The Kier molecular flexibility index (Phi) is 4.82. The Labute approximate surface area is 97.0 Å². The lowest BCUT2D eigenvalue weighted by atomic mass is 10.5. The Balaban J connectivity index is 2.65. The first-order valence-electron chi connectivity index (χ1n) is 5.77. The zero-order valence-corrected chi connectivity index (χ0v) is 10.3. The van der Waals surface area contributed by atoms with Crippen LogP contribution in [0.4, 0.5) is 0 Å². The predicted molar refractivity (Wildman–Crippen MR) is 66.1 cm³/mol. The molecule has 2 N–H and O–H groups in total. The van der Waals surface area contributed by atoms with Crippen molar-refractivity contribution in [2.75, 3.05) is 13.1 Å². The van der Waals surface area contributed by atoms with Crippen molar-refractivity contribution < 1.29 is 0 Å². The molecule has 1 rings (SSSR count). The number of guanidine groups is 1. The molecule has 0 aliphatic carbocycles. The van der Waals surface area contributed by atoms with Crippen LogP contribution in [0.2, 0.25) is 0 Å². The molecule has 16 heavy (non-hydrogen) atoms. The summed E-state index contributed by atoms with van der Waals surface area (Å²) in [4.78, 5) is 10.6. The molecular formula is C11H21N5. The zero-order chi connectivity index (χ0) is 12.0. The lowest BCUT2D eigenvalue weighted by Gasteiger charge is -2.19. The Morgan fingerprint density at radius 1 is 1.44 bits per heavy atom. The van der Waals surface area contributed by atoms with Crippen molar-refractivity contribution in [3.8, 4) is 0 Å². The molecule has 0 aliphatic heterocycles. The van der Waals surface area contributed by atoms with Gasteiger partial charge in [-0.15, -0.1) is 0 Å². The first-order chi connectivity index (χ1) is 7.72. The molecule has 0 saturated heterocycles. The van der Waals surface area contributed by atoms with Gasteiger partial charge in [0.15, 0.2) is 5.96 Å². The van der Waals surface area contributed by atoms with Gasteiger partial charge in [-0.25, -0.2) is 9.98 Å². The van der Waals surface area contributed by atoms with Gasteiger partial charge in [0, 0.05) is 32.0 Å². The second kappa shape index (κ2) is 6.15. The molecule has 0 spiro atoms. The molecular weight excluding hydrogens is 202 g/mol. The average molecular weight is 223 g/mol. The molecule has 0 bridgehead atoms. The lowest BCUT2D eigenvalue weighted by Crippen LogP contribution is -2.37. The van der Waals surface area contributed by atoms with Crippen molar-refractivity contribution in [2.24, 2.45) is 10.7 Å². The molecule has 1 heterocycles. The third-order valence-corrected chi connectivity index (χ3v) is 2.61. The van der Waals surface area contributed by atoms with E-state index in [9.17, 15) is 0 Å². The minimum atomic E-state index is 0.545. The van der Waals surface area contributed by atoms with Gasteiger partial charge in [0.05, 0.1) is 0 Å². The molecule has 0 saturated carbocycles. The van der Waals surface area contributed by atoms with Crippen molar-refractivity contribution in [1.29, 1.82) is 0 Å². The molecule has 0 atom stereocenters. The average Bonchev–Trinajstić information content (AvgIpc) is 2.75. The molecule has 0 fully saturated rings. The van der Waals surface area contributed by atoms with Crippen LogP contribution in [0.25, 0.3) is 0 Å². The van der Waals surface area contributed by atoms with Gasteiger partial charge in [0.2, 0.25) is 0 Å². The summed E-state index contributed by atoms with van der Waals surface area (Å²) in [5, 5.41) is 0. The number of aromatic nitrogens is 2. The summed E-state index contributed by atoms with van der Waals surface area (Å²) in [5.41, 5.74) is 5.89. The maximum atomic E-state index is 5.89. The van der Waals surface area contributed by atoms with E-state index in [4.69, 9.17) is 5.73 Å². The monoisotopic (exact) mass is 223 g/mol. The van der Waals surface area contributed by atoms with Crippen LogP contribution in [-0.2, 0) is 13.1 Å². The zero-order valence-electron chi connectivity index (χ0n) is 10.3. The van der Waals surface area contributed by atoms with Crippen LogP contribution < -0.4 is 5.73 Å². The second-order valence-electron chi connectivity index (χ2n) is 3.48. The Bertz CT molecular complexity index is 338. The first kappa shape index (κ1) is 12.5. The number of aliphatic imine (C=N–C) groups is 1. The summed E-state index contributed by atoms with van der Waals surface area (Å²) in [5.74, 6) is 1.55. The fourth-order valence-corrected chi connectivity index (χ4v) is 1.58. The van der Waals surface area contributed by atoms with Crippen LogP contribution in [-0.4, -0.2) is 33.5 Å². The molecule has 0 amide bonds. The van der Waals surface area contributed by atoms with Crippen LogP contribution in [0.5, 0.6) is 0 Å². The van der Waals surface area contributed by atoms with Crippen molar-refractivity contribution in [3.63, 3.8) is 0 Å². The topological polar surface area (TPSA) is 59.4 Å². The van der Waals surface area contributed by atoms with E-state index in [1.165, 1.54) is 0 Å². The van der Waals surface area contributed by atoms with E-state index >= 15 is 0 Å². The van der Waals surface area contributed by atoms with Gasteiger partial charge < -0.3 is 15.2 Å².